The van der Waals surface area contributed by atoms with Gasteiger partial charge in [-0.15, -0.1) is 0 Å². The van der Waals surface area contributed by atoms with E-state index in [-0.39, 0.29) is 11.9 Å². The molecule has 142 valence electrons. The number of amides is 1. The van der Waals surface area contributed by atoms with Crippen LogP contribution < -0.4 is 0 Å². The molecule has 1 aliphatic heterocycles. The highest BCUT2D eigenvalue weighted by atomic mass is 16.5. The highest BCUT2D eigenvalue weighted by Crippen LogP contribution is 2.25. The van der Waals surface area contributed by atoms with Crippen LogP contribution in [0.2, 0.25) is 0 Å². The molecule has 0 saturated carbocycles. The normalized spacial score (nSPS) is 19.1. The van der Waals surface area contributed by atoms with Crippen LogP contribution in [-0.4, -0.2) is 61.8 Å². The van der Waals surface area contributed by atoms with Gasteiger partial charge in [-0.2, -0.15) is 10.1 Å². The zero-order valence-electron chi connectivity index (χ0n) is 15.8. The Bertz CT molecular complexity index is 696. The predicted molar refractivity (Wildman–Crippen MR) is 96.2 cm³/mol. The fourth-order valence-corrected chi connectivity index (χ4v) is 3.43. The average molecular weight is 360 g/mol. The van der Waals surface area contributed by atoms with Gasteiger partial charge in [0.15, 0.2) is 5.82 Å². The summed E-state index contributed by atoms with van der Waals surface area (Å²) in [6, 6.07) is 1.82. The number of carbonyl (C=O) groups is 1. The summed E-state index contributed by atoms with van der Waals surface area (Å²) in [6.07, 6.45) is 5.00. The molecule has 1 amide bonds. The second-order valence-corrected chi connectivity index (χ2v) is 7.30. The third-order valence-electron chi connectivity index (χ3n) is 4.60. The Labute approximate surface area is 154 Å². The first-order chi connectivity index (χ1) is 12.5. The van der Waals surface area contributed by atoms with E-state index in [1.165, 1.54) is 0 Å². The zero-order chi connectivity index (χ0) is 18.5. The molecule has 3 heterocycles. The summed E-state index contributed by atoms with van der Waals surface area (Å²) in [4.78, 5) is 21.5. The van der Waals surface area contributed by atoms with Crippen LogP contribution in [0.1, 0.15) is 44.4 Å². The van der Waals surface area contributed by atoms with Crippen molar-refractivity contribution in [2.45, 2.75) is 46.2 Å². The number of rotatable bonds is 6. The van der Waals surface area contributed by atoms with Gasteiger partial charge in [-0.1, -0.05) is 19.0 Å². The molecule has 1 fully saturated rings. The van der Waals surface area contributed by atoms with Gasteiger partial charge in [0.05, 0.1) is 0 Å². The first-order valence-corrected chi connectivity index (χ1v) is 9.32. The molecule has 1 atom stereocenters. The minimum absolute atomic E-state index is 0.0465. The molecule has 1 saturated heterocycles. The van der Waals surface area contributed by atoms with Crippen molar-refractivity contribution in [1.82, 2.24) is 29.7 Å². The molecule has 1 unspecified atom stereocenters. The van der Waals surface area contributed by atoms with Crippen LogP contribution in [0.15, 0.2) is 23.0 Å². The lowest BCUT2D eigenvalue weighted by atomic mass is 10.1. The van der Waals surface area contributed by atoms with Gasteiger partial charge in [0, 0.05) is 51.5 Å². The predicted octanol–water partition coefficient (Wildman–Crippen LogP) is 1.90. The molecule has 1 aliphatic rings. The summed E-state index contributed by atoms with van der Waals surface area (Å²) in [5.74, 6) is 1.91. The molecule has 8 heteroatoms. The first-order valence-electron chi connectivity index (χ1n) is 9.32. The van der Waals surface area contributed by atoms with Gasteiger partial charge in [-0.05, 0) is 25.3 Å². The quantitative estimate of drug-likeness (QED) is 0.783. The smallest absolute Gasteiger partial charge is 0.245 e. The SMILES string of the molecule is Cc1noc(C2CN(C(=O)CCn3cccn3)CCCN2CC(C)C)n1. The highest BCUT2D eigenvalue weighted by molar-refractivity contribution is 5.76. The molecule has 8 nitrogen and oxygen atoms in total. The molecule has 2 aromatic heterocycles. The van der Waals surface area contributed by atoms with Crippen molar-refractivity contribution in [3.8, 4) is 0 Å². The lowest BCUT2D eigenvalue weighted by Crippen LogP contribution is -2.39. The van der Waals surface area contributed by atoms with E-state index in [9.17, 15) is 4.79 Å². The lowest BCUT2D eigenvalue weighted by Gasteiger charge is -2.30. The summed E-state index contributed by atoms with van der Waals surface area (Å²) < 4.78 is 7.25. The molecule has 0 aromatic carbocycles. The Kier molecular flexibility index (Phi) is 6.03. The van der Waals surface area contributed by atoms with Crippen LogP contribution in [0.25, 0.3) is 0 Å². The Morgan fingerprint density at radius 3 is 2.88 bits per heavy atom. The zero-order valence-corrected chi connectivity index (χ0v) is 15.8. The number of aryl methyl sites for hydroxylation is 2. The van der Waals surface area contributed by atoms with Gasteiger partial charge in [0.2, 0.25) is 11.8 Å². The van der Waals surface area contributed by atoms with E-state index < -0.39 is 0 Å². The summed E-state index contributed by atoms with van der Waals surface area (Å²) in [6.45, 7) is 10.0. The number of hydrogen-bond acceptors (Lipinski definition) is 6. The summed E-state index contributed by atoms with van der Waals surface area (Å²) in [7, 11) is 0. The number of aromatic nitrogens is 4. The molecule has 2 aromatic rings. The second-order valence-electron chi connectivity index (χ2n) is 7.30. The van der Waals surface area contributed by atoms with Crippen LogP contribution in [0.5, 0.6) is 0 Å². The molecule has 0 N–H and O–H groups in total. The maximum atomic E-state index is 12.8. The topological polar surface area (TPSA) is 80.3 Å². The summed E-state index contributed by atoms with van der Waals surface area (Å²) in [5, 5.41) is 8.11. The number of carbonyl (C=O) groups excluding carboxylic acids is 1. The van der Waals surface area contributed by atoms with E-state index in [1.807, 2.05) is 24.1 Å². The van der Waals surface area contributed by atoms with E-state index in [0.29, 0.717) is 37.1 Å². The van der Waals surface area contributed by atoms with Gasteiger partial charge in [0.1, 0.15) is 6.04 Å². The minimum atomic E-state index is -0.0465. The molecule has 26 heavy (non-hydrogen) atoms. The molecule has 0 bridgehead atoms. The van der Waals surface area contributed by atoms with Crippen LogP contribution in [0, 0.1) is 12.8 Å². The average Bonchev–Trinajstić information content (AvgIpc) is 3.22. The van der Waals surface area contributed by atoms with Crippen molar-refractivity contribution in [1.29, 1.82) is 0 Å². The Morgan fingerprint density at radius 1 is 1.38 bits per heavy atom. The van der Waals surface area contributed by atoms with Gasteiger partial charge >= 0.3 is 0 Å². The van der Waals surface area contributed by atoms with Crippen LogP contribution >= 0.6 is 0 Å². The van der Waals surface area contributed by atoms with E-state index >= 15 is 0 Å². The Balaban J connectivity index is 1.70. The maximum Gasteiger partial charge on any atom is 0.245 e. The van der Waals surface area contributed by atoms with Crippen molar-refractivity contribution >= 4 is 5.91 Å². The summed E-state index contributed by atoms with van der Waals surface area (Å²) >= 11 is 0. The van der Waals surface area contributed by atoms with Crippen molar-refractivity contribution in [3.05, 3.63) is 30.2 Å². The van der Waals surface area contributed by atoms with Gasteiger partial charge in [-0.25, -0.2) is 0 Å². The van der Waals surface area contributed by atoms with E-state index in [2.05, 4.69) is 34.0 Å². The third-order valence-corrected chi connectivity index (χ3v) is 4.60. The number of hydrogen-bond donors (Lipinski definition) is 0. The molecular formula is C18H28N6O2. The van der Waals surface area contributed by atoms with Gasteiger partial charge in [0.25, 0.3) is 0 Å². The fraction of sp³-hybridized carbons (Fsp3) is 0.667. The van der Waals surface area contributed by atoms with E-state index in [0.717, 1.165) is 26.1 Å². The standard InChI is InChI=1S/C18H28N6O2/c1-14(2)12-22-8-5-9-23(13-16(22)18-20-15(3)21-26-18)17(25)6-11-24-10-4-7-19-24/h4,7,10,14,16H,5-6,8-9,11-13H2,1-3H3. The van der Waals surface area contributed by atoms with Crippen LogP contribution in [-0.2, 0) is 11.3 Å². The first kappa shape index (κ1) is 18.6. The molecule has 3 rings (SSSR count). The molecule has 0 aliphatic carbocycles. The van der Waals surface area contributed by atoms with Crippen LogP contribution in [0.4, 0.5) is 0 Å². The van der Waals surface area contributed by atoms with Gasteiger partial charge < -0.3 is 9.42 Å². The van der Waals surface area contributed by atoms with E-state index in [4.69, 9.17) is 4.52 Å². The van der Waals surface area contributed by atoms with Crippen molar-refractivity contribution in [2.75, 3.05) is 26.2 Å². The molecule has 0 radical (unpaired) electrons. The monoisotopic (exact) mass is 360 g/mol. The van der Waals surface area contributed by atoms with Crippen LogP contribution in [0.3, 0.4) is 0 Å². The van der Waals surface area contributed by atoms with Gasteiger partial charge in [-0.3, -0.25) is 14.4 Å². The largest absolute Gasteiger partial charge is 0.340 e. The summed E-state index contributed by atoms with van der Waals surface area (Å²) in [5.41, 5.74) is 0. The highest BCUT2D eigenvalue weighted by Gasteiger charge is 2.32. The maximum absolute atomic E-state index is 12.8. The Morgan fingerprint density at radius 2 is 2.23 bits per heavy atom. The van der Waals surface area contributed by atoms with Crippen molar-refractivity contribution < 1.29 is 9.32 Å². The minimum Gasteiger partial charge on any atom is -0.340 e. The Hall–Kier alpha value is -2.22. The third kappa shape index (κ3) is 4.69. The lowest BCUT2D eigenvalue weighted by molar-refractivity contribution is -0.132. The van der Waals surface area contributed by atoms with Crippen molar-refractivity contribution in [3.63, 3.8) is 0 Å². The molecular weight excluding hydrogens is 332 g/mol. The van der Waals surface area contributed by atoms with Crippen molar-refractivity contribution in [2.24, 2.45) is 5.92 Å². The second kappa shape index (κ2) is 8.44. The van der Waals surface area contributed by atoms with E-state index in [1.54, 1.807) is 10.9 Å². The molecule has 0 spiro atoms. The number of nitrogens with zero attached hydrogens (tertiary/aromatic N) is 6. The fourth-order valence-electron chi connectivity index (χ4n) is 3.43.